The van der Waals surface area contributed by atoms with Gasteiger partial charge in [-0.3, -0.25) is 9.59 Å². The Morgan fingerprint density at radius 1 is 1.18 bits per heavy atom. The fourth-order valence-corrected chi connectivity index (χ4v) is 1.52. The Bertz CT molecular complexity index is 395. The number of carbonyl (C=O) groups is 2. The third kappa shape index (κ3) is 4.81. The first kappa shape index (κ1) is 13.4. The summed E-state index contributed by atoms with van der Waals surface area (Å²) >= 11 is 0. The van der Waals surface area contributed by atoms with Crippen LogP contribution in [0.4, 0.5) is 0 Å². The second kappa shape index (κ2) is 6.18. The molecule has 0 fully saturated rings. The van der Waals surface area contributed by atoms with Crippen LogP contribution in [-0.4, -0.2) is 30.2 Å². The van der Waals surface area contributed by atoms with E-state index in [1.54, 1.807) is 11.9 Å². The van der Waals surface area contributed by atoms with Crippen molar-refractivity contribution >= 4 is 11.7 Å². The maximum atomic E-state index is 11.5. The van der Waals surface area contributed by atoms with Crippen LogP contribution in [0, 0.1) is 6.92 Å². The zero-order valence-corrected chi connectivity index (χ0v) is 10.7. The average Bonchev–Trinajstić information content (AvgIpc) is 2.27. The second-order valence-electron chi connectivity index (χ2n) is 4.43. The molecule has 1 aromatic carbocycles. The number of Topliss-reactive ketones (excluding diaryl/α,β-unsaturated/α-hetero) is 1. The van der Waals surface area contributed by atoms with E-state index in [1.807, 2.05) is 6.92 Å². The molecule has 1 aromatic rings. The maximum Gasteiger partial charge on any atom is 0.229 e. The van der Waals surface area contributed by atoms with Crippen LogP contribution >= 0.6 is 0 Å². The van der Waals surface area contributed by atoms with Crippen LogP contribution in [0.1, 0.15) is 24.5 Å². The van der Waals surface area contributed by atoms with Gasteiger partial charge in [0.15, 0.2) is 0 Å². The van der Waals surface area contributed by atoms with Crippen LogP contribution in [0.5, 0.6) is 0 Å². The molecule has 1 amide bonds. The third-order valence-electron chi connectivity index (χ3n) is 2.68. The van der Waals surface area contributed by atoms with Crippen molar-refractivity contribution in [2.75, 3.05) is 13.6 Å². The normalized spacial score (nSPS) is 10.1. The number of hydrogen-bond donors (Lipinski definition) is 0. The molecule has 92 valence electrons. The third-order valence-corrected chi connectivity index (χ3v) is 2.68. The van der Waals surface area contributed by atoms with E-state index >= 15 is 0 Å². The number of rotatable bonds is 5. The van der Waals surface area contributed by atoms with Crippen LogP contribution in [0.15, 0.2) is 24.3 Å². The van der Waals surface area contributed by atoms with Crippen molar-refractivity contribution in [1.82, 2.24) is 4.90 Å². The van der Waals surface area contributed by atoms with Gasteiger partial charge in [-0.1, -0.05) is 29.8 Å². The van der Waals surface area contributed by atoms with Gasteiger partial charge in [-0.15, -0.1) is 0 Å². The van der Waals surface area contributed by atoms with Crippen molar-refractivity contribution in [2.45, 2.75) is 26.7 Å². The molecule has 0 spiro atoms. The molecule has 0 saturated carbocycles. The summed E-state index contributed by atoms with van der Waals surface area (Å²) in [5.41, 5.74) is 2.44. The molecule has 0 bridgehead atoms. The van der Waals surface area contributed by atoms with Gasteiger partial charge in [0.05, 0.1) is 6.42 Å². The summed E-state index contributed by atoms with van der Waals surface area (Å²) in [5, 5.41) is 0. The Balaban J connectivity index is 2.42. The first-order valence-electron chi connectivity index (χ1n) is 5.78. The second-order valence-corrected chi connectivity index (χ2v) is 4.43. The number of hydrogen-bond acceptors (Lipinski definition) is 2. The number of amides is 1. The van der Waals surface area contributed by atoms with Crippen LogP contribution in [0.2, 0.25) is 0 Å². The van der Waals surface area contributed by atoms with E-state index in [-0.39, 0.29) is 18.1 Å². The Labute approximate surface area is 102 Å². The van der Waals surface area contributed by atoms with Crippen molar-refractivity contribution in [3.8, 4) is 0 Å². The number of likely N-dealkylation sites (N-methyl/N-ethyl adjacent to an activating group) is 1. The van der Waals surface area contributed by atoms with E-state index in [2.05, 4.69) is 24.3 Å². The van der Waals surface area contributed by atoms with E-state index in [9.17, 15) is 9.59 Å². The van der Waals surface area contributed by atoms with Gasteiger partial charge in [0.2, 0.25) is 5.91 Å². The molecular weight excluding hydrogens is 214 g/mol. The fourth-order valence-electron chi connectivity index (χ4n) is 1.52. The molecule has 0 aliphatic heterocycles. The summed E-state index contributed by atoms with van der Waals surface area (Å²) in [5.74, 6) is -0.193. The molecular formula is C14H19NO2. The first-order valence-corrected chi connectivity index (χ1v) is 5.78. The summed E-state index contributed by atoms with van der Waals surface area (Å²) in [6.45, 7) is 4.13. The van der Waals surface area contributed by atoms with Gasteiger partial charge in [0, 0.05) is 13.6 Å². The SMILES string of the molecule is CC(=O)CC(=O)N(C)CCc1ccc(C)cc1. The number of carbonyl (C=O) groups excluding carboxylic acids is 2. The molecule has 1 rings (SSSR count). The van der Waals surface area contributed by atoms with Crippen molar-refractivity contribution in [2.24, 2.45) is 0 Å². The minimum absolute atomic E-state index is 0.00436. The first-order chi connectivity index (χ1) is 7.99. The fraction of sp³-hybridized carbons (Fsp3) is 0.429. The molecule has 0 aliphatic rings. The smallest absolute Gasteiger partial charge is 0.229 e. The van der Waals surface area contributed by atoms with Crippen LogP contribution < -0.4 is 0 Å². The lowest BCUT2D eigenvalue weighted by Crippen LogP contribution is -2.30. The zero-order valence-electron chi connectivity index (χ0n) is 10.7. The Kier molecular flexibility index (Phi) is 4.88. The monoisotopic (exact) mass is 233 g/mol. The quantitative estimate of drug-likeness (QED) is 0.729. The van der Waals surface area contributed by atoms with Gasteiger partial charge in [0.25, 0.3) is 0 Å². The lowest BCUT2D eigenvalue weighted by molar-refractivity contribution is -0.133. The van der Waals surface area contributed by atoms with Gasteiger partial charge in [-0.05, 0) is 25.8 Å². The van der Waals surface area contributed by atoms with Gasteiger partial charge >= 0.3 is 0 Å². The van der Waals surface area contributed by atoms with Gasteiger partial charge in [-0.2, -0.15) is 0 Å². The molecule has 0 unspecified atom stereocenters. The van der Waals surface area contributed by atoms with Crippen molar-refractivity contribution in [1.29, 1.82) is 0 Å². The Morgan fingerprint density at radius 3 is 2.29 bits per heavy atom. The lowest BCUT2D eigenvalue weighted by Gasteiger charge is -2.16. The molecule has 0 atom stereocenters. The van der Waals surface area contributed by atoms with Gasteiger partial charge < -0.3 is 4.90 Å². The van der Waals surface area contributed by atoms with Crippen molar-refractivity contribution in [3.05, 3.63) is 35.4 Å². The maximum absolute atomic E-state index is 11.5. The van der Waals surface area contributed by atoms with Crippen molar-refractivity contribution in [3.63, 3.8) is 0 Å². The minimum atomic E-state index is -0.107. The molecule has 0 heterocycles. The Morgan fingerprint density at radius 2 is 1.76 bits per heavy atom. The molecule has 3 heteroatoms. The highest BCUT2D eigenvalue weighted by atomic mass is 16.2. The minimum Gasteiger partial charge on any atom is -0.345 e. The zero-order chi connectivity index (χ0) is 12.8. The van der Waals surface area contributed by atoms with E-state index < -0.39 is 0 Å². The highest BCUT2D eigenvalue weighted by Crippen LogP contribution is 2.05. The predicted molar refractivity (Wildman–Crippen MR) is 67.8 cm³/mol. The summed E-state index contributed by atoms with van der Waals surface area (Å²) in [7, 11) is 1.74. The molecule has 17 heavy (non-hydrogen) atoms. The van der Waals surface area contributed by atoms with E-state index in [1.165, 1.54) is 18.1 Å². The van der Waals surface area contributed by atoms with Gasteiger partial charge in [0.1, 0.15) is 5.78 Å². The summed E-state index contributed by atoms with van der Waals surface area (Å²) in [4.78, 5) is 24.0. The van der Waals surface area contributed by atoms with E-state index in [0.29, 0.717) is 6.54 Å². The van der Waals surface area contributed by atoms with Gasteiger partial charge in [-0.25, -0.2) is 0 Å². The predicted octanol–water partition coefficient (Wildman–Crippen LogP) is 1.98. The molecule has 3 nitrogen and oxygen atoms in total. The highest BCUT2D eigenvalue weighted by Gasteiger charge is 2.10. The summed E-state index contributed by atoms with van der Waals surface area (Å²) in [6.07, 6.45) is 0.824. The van der Waals surface area contributed by atoms with Crippen LogP contribution in [0.3, 0.4) is 0 Å². The molecule has 0 aliphatic carbocycles. The lowest BCUT2D eigenvalue weighted by atomic mass is 10.1. The topological polar surface area (TPSA) is 37.4 Å². The van der Waals surface area contributed by atoms with E-state index in [4.69, 9.17) is 0 Å². The highest BCUT2D eigenvalue weighted by molar-refractivity contribution is 5.96. The number of nitrogens with zero attached hydrogens (tertiary/aromatic N) is 1. The standard InChI is InChI=1S/C14H19NO2/c1-11-4-6-13(7-5-11)8-9-15(3)14(17)10-12(2)16/h4-7H,8-10H2,1-3H3. The summed E-state index contributed by atoms with van der Waals surface area (Å²) < 4.78 is 0. The summed E-state index contributed by atoms with van der Waals surface area (Å²) in [6, 6.07) is 8.26. The molecule has 0 saturated heterocycles. The number of ketones is 1. The van der Waals surface area contributed by atoms with Crippen molar-refractivity contribution < 1.29 is 9.59 Å². The van der Waals surface area contributed by atoms with Crippen LogP contribution in [0.25, 0.3) is 0 Å². The van der Waals surface area contributed by atoms with Crippen LogP contribution in [-0.2, 0) is 16.0 Å². The molecule has 0 N–H and O–H groups in total. The Hall–Kier alpha value is -1.64. The largest absolute Gasteiger partial charge is 0.345 e. The van der Waals surface area contributed by atoms with E-state index in [0.717, 1.165) is 6.42 Å². The molecule has 0 aromatic heterocycles. The molecule has 0 radical (unpaired) electrons. The number of benzene rings is 1. The average molecular weight is 233 g/mol. The number of aryl methyl sites for hydroxylation is 1.